The van der Waals surface area contributed by atoms with Crippen molar-refractivity contribution >= 4 is 15.9 Å². The molecule has 2 N–H and O–H groups in total. The Morgan fingerprint density at radius 2 is 2.32 bits per heavy atom. The quantitative estimate of drug-likeness (QED) is 0.609. The number of nitrogens with zero attached hydrogens (tertiary/aromatic N) is 2. The topological polar surface area (TPSA) is 104 Å². The number of sulfonamides is 1. The zero-order valence-corrected chi connectivity index (χ0v) is 11.7. The minimum Gasteiger partial charge on any atom is -0.385 e. The predicted octanol–water partition coefficient (Wildman–Crippen LogP) is -0.817. The number of carbonyl (C=O) groups is 1. The number of carbonyl (C=O) groups excluding carboxylic acids is 1. The summed E-state index contributed by atoms with van der Waals surface area (Å²) in [4.78, 5) is 11.6. The van der Waals surface area contributed by atoms with Crippen molar-refractivity contribution in [3.8, 4) is 0 Å². The van der Waals surface area contributed by atoms with Gasteiger partial charge >= 0.3 is 0 Å². The number of likely N-dealkylation sites (N-methyl/N-ethyl adjacent to an activating group) is 1. The average molecular weight is 290 g/mol. The first kappa shape index (κ1) is 15.6. The van der Waals surface area contributed by atoms with Crippen LogP contribution in [0.25, 0.3) is 0 Å². The lowest BCUT2D eigenvalue weighted by molar-refractivity contribution is -0.121. The van der Waals surface area contributed by atoms with Gasteiger partial charge in [0.1, 0.15) is 4.90 Å². The molecule has 9 heteroatoms. The highest BCUT2D eigenvalue weighted by Crippen LogP contribution is 2.10. The van der Waals surface area contributed by atoms with Gasteiger partial charge in [-0.2, -0.15) is 9.40 Å². The monoisotopic (exact) mass is 290 g/mol. The largest absolute Gasteiger partial charge is 0.385 e. The van der Waals surface area contributed by atoms with Crippen LogP contribution in [0.3, 0.4) is 0 Å². The van der Waals surface area contributed by atoms with Crippen LogP contribution in [0.5, 0.6) is 0 Å². The zero-order valence-electron chi connectivity index (χ0n) is 10.9. The first-order valence-corrected chi connectivity index (χ1v) is 7.13. The van der Waals surface area contributed by atoms with Gasteiger partial charge < -0.3 is 10.1 Å². The summed E-state index contributed by atoms with van der Waals surface area (Å²) in [6.07, 6.45) is 3.14. The standard InChI is InChI=1S/C10H18N4O4S/c1-14(8-10(15)11-4-3-5-18-2)19(16,17)9-6-12-13-7-9/h6-7H,3-5,8H2,1-2H3,(H,11,15)(H,12,13). The van der Waals surface area contributed by atoms with Gasteiger partial charge in [0.15, 0.2) is 0 Å². The van der Waals surface area contributed by atoms with Gasteiger partial charge in [0.05, 0.1) is 12.7 Å². The van der Waals surface area contributed by atoms with E-state index in [1.54, 1.807) is 7.11 Å². The van der Waals surface area contributed by atoms with Crippen LogP contribution in [0, 0.1) is 0 Å². The summed E-state index contributed by atoms with van der Waals surface area (Å²) in [5, 5.41) is 8.61. The van der Waals surface area contributed by atoms with Crippen molar-refractivity contribution in [2.45, 2.75) is 11.3 Å². The van der Waals surface area contributed by atoms with Crippen LogP contribution in [0.2, 0.25) is 0 Å². The molecule has 0 radical (unpaired) electrons. The van der Waals surface area contributed by atoms with Crippen molar-refractivity contribution in [3.05, 3.63) is 12.4 Å². The Hall–Kier alpha value is -1.45. The third-order valence-corrected chi connectivity index (χ3v) is 4.16. The van der Waals surface area contributed by atoms with Gasteiger partial charge in [0.25, 0.3) is 0 Å². The van der Waals surface area contributed by atoms with Crippen LogP contribution >= 0.6 is 0 Å². The van der Waals surface area contributed by atoms with Gasteiger partial charge in [0, 0.05) is 33.5 Å². The fourth-order valence-corrected chi connectivity index (χ4v) is 2.38. The molecule has 0 saturated heterocycles. The van der Waals surface area contributed by atoms with Crippen LogP contribution in [0.1, 0.15) is 6.42 Å². The Labute approximate surface area is 112 Å². The molecule has 1 aromatic rings. The van der Waals surface area contributed by atoms with E-state index in [1.165, 1.54) is 19.4 Å². The van der Waals surface area contributed by atoms with E-state index in [0.717, 1.165) is 4.31 Å². The second-order valence-corrected chi connectivity index (χ2v) is 5.94. The van der Waals surface area contributed by atoms with Crippen molar-refractivity contribution < 1.29 is 17.9 Å². The Morgan fingerprint density at radius 1 is 1.58 bits per heavy atom. The summed E-state index contributed by atoms with van der Waals surface area (Å²) in [6, 6.07) is 0. The molecule has 0 aliphatic heterocycles. The van der Waals surface area contributed by atoms with Gasteiger partial charge in [0.2, 0.25) is 15.9 Å². The third-order valence-electron chi connectivity index (χ3n) is 2.39. The van der Waals surface area contributed by atoms with Crippen molar-refractivity contribution in [2.75, 3.05) is 33.9 Å². The maximum atomic E-state index is 12.0. The highest BCUT2D eigenvalue weighted by molar-refractivity contribution is 7.89. The van der Waals surface area contributed by atoms with E-state index in [1.807, 2.05) is 0 Å². The second-order valence-electron chi connectivity index (χ2n) is 3.89. The molecule has 0 bridgehead atoms. The maximum Gasteiger partial charge on any atom is 0.246 e. The van der Waals surface area contributed by atoms with E-state index in [0.29, 0.717) is 19.6 Å². The van der Waals surface area contributed by atoms with Crippen LogP contribution in [-0.2, 0) is 19.6 Å². The van der Waals surface area contributed by atoms with E-state index >= 15 is 0 Å². The van der Waals surface area contributed by atoms with Gasteiger partial charge in [-0.3, -0.25) is 9.89 Å². The molecule has 8 nitrogen and oxygen atoms in total. The summed E-state index contributed by atoms with van der Waals surface area (Å²) in [6.45, 7) is 0.760. The van der Waals surface area contributed by atoms with Gasteiger partial charge in [-0.25, -0.2) is 8.42 Å². The van der Waals surface area contributed by atoms with Crippen molar-refractivity contribution in [3.63, 3.8) is 0 Å². The Balaban J connectivity index is 2.46. The second kappa shape index (κ2) is 7.22. The highest BCUT2D eigenvalue weighted by Gasteiger charge is 2.23. The number of ether oxygens (including phenoxy) is 1. The lowest BCUT2D eigenvalue weighted by Crippen LogP contribution is -2.38. The van der Waals surface area contributed by atoms with E-state index in [-0.39, 0.29) is 17.3 Å². The molecule has 19 heavy (non-hydrogen) atoms. The first-order chi connectivity index (χ1) is 8.98. The Kier molecular flexibility index (Phi) is 5.93. The summed E-state index contributed by atoms with van der Waals surface area (Å²) in [5.41, 5.74) is 0. The third kappa shape index (κ3) is 4.62. The van der Waals surface area contributed by atoms with Gasteiger partial charge in [-0.05, 0) is 6.42 Å². The van der Waals surface area contributed by atoms with Crippen molar-refractivity contribution in [2.24, 2.45) is 0 Å². The lowest BCUT2D eigenvalue weighted by Gasteiger charge is -2.15. The SMILES string of the molecule is COCCCNC(=O)CN(C)S(=O)(=O)c1cn[nH]c1. The molecule has 1 heterocycles. The van der Waals surface area contributed by atoms with E-state index in [4.69, 9.17) is 4.74 Å². The molecule has 1 rings (SSSR count). The number of aromatic nitrogens is 2. The number of hydrogen-bond donors (Lipinski definition) is 2. The molecule has 108 valence electrons. The number of methoxy groups -OCH3 is 1. The van der Waals surface area contributed by atoms with Crippen LogP contribution < -0.4 is 5.32 Å². The number of H-pyrrole nitrogens is 1. The summed E-state index contributed by atoms with van der Waals surface area (Å²) >= 11 is 0. The van der Waals surface area contributed by atoms with Crippen LogP contribution in [-0.4, -0.2) is 62.7 Å². The fourth-order valence-electron chi connectivity index (χ4n) is 1.35. The number of amides is 1. The molecule has 0 unspecified atom stereocenters. The molecule has 1 amide bonds. The molecule has 0 aliphatic carbocycles. The van der Waals surface area contributed by atoms with Crippen molar-refractivity contribution in [1.82, 2.24) is 19.8 Å². The number of aromatic amines is 1. The van der Waals surface area contributed by atoms with Gasteiger partial charge in [-0.15, -0.1) is 0 Å². The molecule has 1 aromatic heterocycles. The summed E-state index contributed by atoms with van der Waals surface area (Å²) < 4.78 is 29.8. The molecule has 0 aromatic carbocycles. The van der Waals surface area contributed by atoms with E-state index in [9.17, 15) is 13.2 Å². The number of nitrogens with one attached hydrogen (secondary N) is 2. The van der Waals surface area contributed by atoms with Crippen LogP contribution in [0.15, 0.2) is 17.3 Å². The van der Waals surface area contributed by atoms with E-state index < -0.39 is 10.0 Å². The van der Waals surface area contributed by atoms with Crippen LogP contribution in [0.4, 0.5) is 0 Å². The lowest BCUT2D eigenvalue weighted by atomic mass is 10.4. The van der Waals surface area contributed by atoms with E-state index in [2.05, 4.69) is 15.5 Å². The number of hydrogen-bond acceptors (Lipinski definition) is 5. The number of rotatable bonds is 8. The van der Waals surface area contributed by atoms with Gasteiger partial charge in [-0.1, -0.05) is 0 Å². The summed E-state index contributed by atoms with van der Waals surface area (Å²) in [7, 11) is -0.751. The Morgan fingerprint density at radius 3 is 2.89 bits per heavy atom. The minimum absolute atomic E-state index is 0.0298. The van der Waals surface area contributed by atoms with Crippen molar-refractivity contribution in [1.29, 1.82) is 0 Å². The molecule has 0 aliphatic rings. The summed E-state index contributed by atoms with van der Waals surface area (Å²) in [5.74, 6) is -0.356. The smallest absolute Gasteiger partial charge is 0.246 e. The first-order valence-electron chi connectivity index (χ1n) is 5.69. The zero-order chi connectivity index (χ0) is 14.3. The minimum atomic E-state index is -3.67. The molecule has 0 atom stereocenters. The molecule has 0 saturated carbocycles. The molecular formula is C10H18N4O4S. The normalized spacial score (nSPS) is 11.7. The average Bonchev–Trinajstić information content (AvgIpc) is 2.89. The highest BCUT2D eigenvalue weighted by atomic mass is 32.2. The molecule has 0 spiro atoms. The predicted molar refractivity (Wildman–Crippen MR) is 67.9 cm³/mol. The Bertz CT molecular complexity index is 486. The fraction of sp³-hybridized carbons (Fsp3) is 0.600. The molecule has 0 fully saturated rings. The maximum absolute atomic E-state index is 12.0. The molecular weight excluding hydrogens is 272 g/mol.